The van der Waals surface area contributed by atoms with Crippen molar-refractivity contribution in [3.8, 4) is 0 Å². The standard InChI is InChI=1S/C15H22N2O3/c1-5-9(2)13(15(19)20-4)17-14(18)12-8-11(16)7-6-10(12)3/h6-9,13H,5,16H2,1-4H3,(H,17,18)/t9-,13-/m0/s1. The molecule has 0 saturated carbocycles. The summed E-state index contributed by atoms with van der Waals surface area (Å²) in [6.07, 6.45) is 0.760. The third-order valence-corrected chi connectivity index (χ3v) is 3.46. The van der Waals surface area contributed by atoms with Gasteiger partial charge < -0.3 is 15.8 Å². The first-order valence-corrected chi connectivity index (χ1v) is 6.65. The van der Waals surface area contributed by atoms with E-state index in [0.29, 0.717) is 11.3 Å². The van der Waals surface area contributed by atoms with Gasteiger partial charge in [-0.2, -0.15) is 0 Å². The number of nitrogen functional groups attached to an aromatic ring is 1. The van der Waals surface area contributed by atoms with Crippen molar-refractivity contribution in [3.63, 3.8) is 0 Å². The van der Waals surface area contributed by atoms with Gasteiger partial charge in [-0.05, 0) is 30.5 Å². The first-order chi connectivity index (χ1) is 9.40. The van der Waals surface area contributed by atoms with Crippen LogP contribution in [0.15, 0.2) is 18.2 Å². The molecule has 0 spiro atoms. The molecule has 1 amide bonds. The fraction of sp³-hybridized carbons (Fsp3) is 0.467. The van der Waals surface area contributed by atoms with Crippen LogP contribution in [0.25, 0.3) is 0 Å². The Hall–Kier alpha value is -2.04. The maximum atomic E-state index is 12.3. The summed E-state index contributed by atoms with van der Waals surface area (Å²) in [7, 11) is 1.32. The lowest BCUT2D eigenvalue weighted by atomic mass is 9.98. The van der Waals surface area contributed by atoms with Crippen LogP contribution in [0.5, 0.6) is 0 Å². The largest absolute Gasteiger partial charge is 0.467 e. The van der Waals surface area contributed by atoms with E-state index in [1.165, 1.54) is 7.11 Å². The number of esters is 1. The summed E-state index contributed by atoms with van der Waals surface area (Å²) in [4.78, 5) is 24.1. The summed E-state index contributed by atoms with van der Waals surface area (Å²) in [6, 6.07) is 4.47. The normalized spacial score (nSPS) is 13.4. The van der Waals surface area contributed by atoms with Crippen LogP contribution in [0.4, 0.5) is 5.69 Å². The molecule has 110 valence electrons. The smallest absolute Gasteiger partial charge is 0.328 e. The number of ether oxygens (including phenoxy) is 1. The van der Waals surface area contributed by atoms with E-state index >= 15 is 0 Å². The Bertz CT molecular complexity index is 500. The van der Waals surface area contributed by atoms with Gasteiger partial charge in [0.05, 0.1) is 7.11 Å². The van der Waals surface area contributed by atoms with E-state index in [1.54, 1.807) is 18.2 Å². The van der Waals surface area contributed by atoms with Crippen molar-refractivity contribution in [2.75, 3.05) is 12.8 Å². The molecule has 1 aromatic carbocycles. The number of hydrogen-bond donors (Lipinski definition) is 2. The van der Waals surface area contributed by atoms with Crippen molar-refractivity contribution in [1.82, 2.24) is 5.32 Å². The predicted octanol–water partition coefficient (Wildman–Crippen LogP) is 1.89. The SMILES string of the molecule is CC[C@H](C)[C@H](NC(=O)c1cc(N)ccc1C)C(=O)OC. The number of anilines is 1. The minimum absolute atomic E-state index is 0.00670. The topological polar surface area (TPSA) is 81.4 Å². The van der Waals surface area contributed by atoms with Crippen molar-refractivity contribution in [3.05, 3.63) is 29.3 Å². The lowest BCUT2D eigenvalue weighted by Crippen LogP contribution is -2.45. The zero-order chi connectivity index (χ0) is 15.3. The van der Waals surface area contributed by atoms with Crippen molar-refractivity contribution in [1.29, 1.82) is 0 Å². The van der Waals surface area contributed by atoms with Crippen LogP contribution in [0.3, 0.4) is 0 Å². The molecule has 0 aliphatic rings. The molecule has 5 heteroatoms. The van der Waals surface area contributed by atoms with Gasteiger partial charge in [-0.1, -0.05) is 26.3 Å². The highest BCUT2D eigenvalue weighted by molar-refractivity contribution is 5.98. The van der Waals surface area contributed by atoms with Crippen LogP contribution < -0.4 is 11.1 Å². The van der Waals surface area contributed by atoms with E-state index in [4.69, 9.17) is 10.5 Å². The van der Waals surface area contributed by atoms with Crippen molar-refractivity contribution in [2.45, 2.75) is 33.2 Å². The fourth-order valence-electron chi connectivity index (χ4n) is 1.90. The van der Waals surface area contributed by atoms with E-state index in [1.807, 2.05) is 20.8 Å². The number of hydrogen-bond acceptors (Lipinski definition) is 4. The number of rotatable bonds is 5. The Kier molecular flexibility index (Phi) is 5.55. The number of aryl methyl sites for hydroxylation is 1. The van der Waals surface area contributed by atoms with Gasteiger partial charge in [0, 0.05) is 11.3 Å². The summed E-state index contributed by atoms with van der Waals surface area (Å²) in [5, 5.41) is 2.73. The van der Waals surface area contributed by atoms with Crippen LogP contribution in [0.1, 0.15) is 36.2 Å². The highest BCUT2D eigenvalue weighted by Crippen LogP contribution is 2.15. The van der Waals surface area contributed by atoms with Gasteiger partial charge in [0.15, 0.2) is 0 Å². The molecule has 0 bridgehead atoms. The van der Waals surface area contributed by atoms with Gasteiger partial charge in [-0.25, -0.2) is 4.79 Å². The van der Waals surface area contributed by atoms with Crippen LogP contribution in [0, 0.1) is 12.8 Å². The summed E-state index contributed by atoms with van der Waals surface area (Å²) in [6.45, 7) is 5.68. The molecule has 2 atom stereocenters. The molecule has 5 nitrogen and oxygen atoms in total. The van der Waals surface area contributed by atoms with E-state index in [2.05, 4.69) is 5.32 Å². The minimum Gasteiger partial charge on any atom is -0.467 e. The van der Waals surface area contributed by atoms with Gasteiger partial charge >= 0.3 is 5.97 Å². The van der Waals surface area contributed by atoms with Gasteiger partial charge in [-0.3, -0.25) is 4.79 Å². The molecule has 0 heterocycles. The average Bonchev–Trinajstić information content (AvgIpc) is 2.45. The summed E-state index contributed by atoms with van der Waals surface area (Å²) in [5.74, 6) is -0.757. The molecule has 0 aliphatic carbocycles. The van der Waals surface area contributed by atoms with E-state index in [-0.39, 0.29) is 11.8 Å². The molecule has 0 unspecified atom stereocenters. The van der Waals surface area contributed by atoms with E-state index < -0.39 is 12.0 Å². The van der Waals surface area contributed by atoms with Crippen LogP contribution >= 0.6 is 0 Å². The maximum absolute atomic E-state index is 12.3. The third-order valence-electron chi connectivity index (χ3n) is 3.46. The Morgan fingerprint density at radius 1 is 1.40 bits per heavy atom. The number of carbonyl (C=O) groups excluding carboxylic acids is 2. The van der Waals surface area contributed by atoms with E-state index in [9.17, 15) is 9.59 Å². The number of nitrogens with two attached hydrogens (primary N) is 1. The molecule has 0 radical (unpaired) electrons. The second-order valence-corrected chi connectivity index (χ2v) is 4.93. The molecule has 1 rings (SSSR count). The second-order valence-electron chi connectivity index (χ2n) is 4.93. The highest BCUT2D eigenvalue weighted by Gasteiger charge is 2.27. The monoisotopic (exact) mass is 278 g/mol. The molecular formula is C15H22N2O3. The van der Waals surface area contributed by atoms with Crippen LogP contribution in [-0.2, 0) is 9.53 Å². The molecule has 20 heavy (non-hydrogen) atoms. The van der Waals surface area contributed by atoms with E-state index in [0.717, 1.165) is 12.0 Å². The van der Waals surface area contributed by atoms with Gasteiger partial charge in [0.1, 0.15) is 6.04 Å². The summed E-state index contributed by atoms with van der Waals surface area (Å²) < 4.78 is 4.75. The number of carbonyl (C=O) groups is 2. The summed E-state index contributed by atoms with van der Waals surface area (Å²) in [5.41, 5.74) is 7.49. The molecule has 0 fully saturated rings. The maximum Gasteiger partial charge on any atom is 0.328 e. The molecule has 1 aromatic rings. The first-order valence-electron chi connectivity index (χ1n) is 6.65. The zero-order valence-corrected chi connectivity index (χ0v) is 12.4. The van der Waals surface area contributed by atoms with Crippen molar-refractivity contribution in [2.24, 2.45) is 5.92 Å². The molecule has 0 aliphatic heterocycles. The third kappa shape index (κ3) is 3.73. The van der Waals surface area contributed by atoms with Gasteiger partial charge in [0.2, 0.25) is 0 Å². The number of benzene rings is 1. The molecular weight excluding hydrogens is 256 g/mol. The Morgan fingerprint density at radius 3 is 2.60 bits per heavy atom. The number of nitrogens with one attached hydrogen (secondary N) is 1. The van der Waals surface area contributed by atoms with Crippen molar-refractivity contribution >= 4 is 17.6 Å². The van der Waals surface area contributed by atoms with Crippen LogP contribution in [-0.4, -0.2) is 25.0 Å². The lowest BCUT2D eigenvalue weighted by molar-refractivity contribution is -0.144. The Balaban J connectivity index is 2.96. The minimum atomic E-state index is -0.654. The number of amides is 1. The van der Waals surface area contributed by atoms with Gasteiger partial charge in [0.25, 0.3) is 5.91 Å². The quantitative estimate of drug-likeness (QED) is 0.636. The molecule has 0 aromatic heterocycles. The predicted molar refractivity (Wildman–Crippen MR) is 78.3 cm³/mol. The highest BCUT2D eigenvalue weighted by atomic mass is 16.5. The average molecular weight is 278 g/mol. The first kappa shape index (κ1) is 16.0. The Labute approximate surface area is 119 Å². The molecule has 3 N–H and O–H groups in total. The molecule has 0 saturated heterocycles. The lowest BCUT2D eigenvalue weighted by Gasteiger charge is -2.22. The van der Waals surface area contributed by atoms with Crippen molar-refractivity contribution < 1.29 is 14.3 Å². The second kappa shape index (κ2) is 6.93. The zero-order valence-electron chi connectivity index (χ0n) is 12.4. The fourth-order valence-corrected chi connectivity index (χ4v) is 1.90. The van der Waals surface area contributed by atoms with Crippen LogP contribution in [0.2, 0.25) is 0 Å². The Morgan fingerprint density at radius 2 is 2.05 bits per heavy atom. The number of methoxy groups -OCH3 is 1. The van der Waals surface area contributed by atoms with Gasteiger partial charge in [-0.15, -0.1) is 0 Å². The summed E-state index contributed by atoms with van der Waals surface area (Å²) >= 11 is 0.